The van der Waals surface area contributed by atoms with Crippen LogP contribution in [0.1, 0.15) is 55.9 Å². The zero-order chi connectivity index (χ0) is 17.6. The van der Waals surface area contributed by atoms with E-state index in [9.17, 15) is 9.59 Å². The molecule has 25 heavy (non-hydrogen) atoms. The molecule has 2 saturated heterocycles. The molecule has 1 aromatic heterocycles. The molecule has 3 atom stereocenters. The fraction of sp³-hybridized carbons (Fsp3) is 0.500. The molecule has 0 unspecified atom stereocenters. The molecule has 4 rings (SSSR count). The molecule has 5 nitrogen and oxygen atoms in total. The number of piperidine rings is 1. The van der Waals surface area contributed by atoms with E-state index in [4.69, 9.17) is 0 Å². The topological polar surface area (TPSA) is 63.1 Å². The predicted molar refractivity (Wildman–Crippen MR) is 99.0 cm³/mol. The van der Waals surface area contributed by atoms with E-state index in [0.717, 1.165) is 23.7 Å². The summed E-state index contributed by atoms with van der Waals surface area (Å²) in [6.45, 7) is 3.94. The minimum Gasteiger partial charge on any atom is -0.349 e. The molecule has 0 spiro atoms. The molecule has 132 valence electrons. The Kier molecular flexibility index (Phi) is 4.12. The zero-order valence-electron chi connectivity index (χ0n) is 14.8. The van der Waals surface area contributed by atoms with Gasteiger partial charge in [0, 0.05) is 24.2 Å². The number of benzene rings is 1. The lowest BCUT2D eigenvalue weighted by atomic mass is 9.99. The van der Waals surface area contributed by atoms with E-state index >= 15 is 0 Å². The van der Waals surface area contributed by atoms with Gasteiger partial charge in [-0.05, 0) is 57.0 Å². The molecule has 5 heteroatoms. The van der Waals surface area contributed by atoms with Crippen LogP contribution in [0, 0.1) is 0 Å². The van der Waals surface area contributed by atoms with Crippen molar-refractivity contribution in [3.05, 3.63) is 46.2 Å². The largest absolute Gasteiger partial charge is 0.349 e. The number of aromatic nitrogens is 1. The second-order valence-electron chi connectivity index (χ2n) is 7.67. The highest BCUT2D eigenvalue weighted by Crippen LogP contribution is 2.27. The third-order valence-electron chi connectivity index (χ3n) is 5.51. The van der Waals surface area contributed by atoms with E-state index in [-0.39, 0.29) is 29.1 Å². The number of hydrogen-bond acceptors (Lipinski definition) is 3. The number of carbonyl (C=O) groups is 1. The van der Waals surface area contributed by atoms with Gasteiger partial charge in [-0.2, -0.15) is 0 Å². The van der Waals surface area contributed by atoms with Gasteiger partial charge in [-0.1, -0.05) is 18.2 Å². The Morgan fingerprint density at radius 3 is 2.56 bits per heavy atom. The second-order valence-corrected chi connectivity index (χ2v) is 7.67. The maximum atomic E-state index is 12.9. The molecule has 2 bridgehead atoms. The molecule has 2 aliphatic rings. The predicted octanol–water partition coefficient (Wildman–Crippen LogP) is 2.60. The lowest BCUT2D eigenvalue weighted by Crippen LogP contribution is -2.48. The number of amides is 1. The van der Waals surface area contributed by atoms with Crippen LogP contribution >= 0.6 is 0 Å². The van der Waals surface area contributed by atoms with Crippen molar-refractivity contribution in [2.75, 3.05) is 0 Å². The molecule has 3 heterocycles. The number of fused-ring (bicyclic) bond motifs is 3. The van der Waals surface area contributed by atoms with Gasteiger partial charge in [-0.3, -0.25) is 9.59 Å². The molecule has 2 aliphatic heterocycles. The molecule has 0 saturated carbocycles. The first-order chi connectivity index (χ1) is 12.0. The van der Waals surface area contributed by atoms with Crippen LogP contribution < -0.4 is 16.2 Å². The highest BCUT2D eigenvalue weighted by Gasteiger charge is 2.34. The Labute approximate surface area is 147 Å². The van der Waals surface area contributed by atoms with Gasteiger partial charge in [0.25, 0.3) is 11.5 Å². The van der Waals surface area contributed by atoms with E-state index in [2.05, 4.69) is 10.6 Å². The van der Waals surface area contributed by atoms with E-state index in [1.165, 1.54) is 12.8 Å². The van der Waals surface area contributed by atoms with Crippen molar-refractivity contribution in [2.24, 2.45) is 0 Å². The Hall–Kier alpha value is -2.14. The van der Waals surface area contributed by atoms with Crippen LogP contribution in [0.4, 0.5) is 0 Å². The van der Waals surface area contributed by atoms with Gasteiger partial charge in [0.15, 0.2) is 0 Å². The third kappa shape index (κ3) is 2.97. The number of carbonyl (C=O) groups excluding carboxylic acids is 1. The van der Waals surface area contributed by atoms with Crippen molar-refractivity contribution in [3.63, 3.8) is 0 Å². The Morgan fingerprint density at radius 2 is 1.88 bits per heavy atom. The summed E-state index contributed by atoms with van der Waals surface area (Å²) < 4.78 is 1.72. The quantitative estimate of drug-likeness (QED) is 0.903. The second kappa shape index (κ2) is 6.30. The van der Waals surface area contributed by atoms with Crippen molar-refractivity contribution in [2.45, 2.75) is 63.7 Å². The Balaban J connectivity index is 1.67. The van der Waals surface area contributed by atoms with Crippen molar-refractivity contribution < 1.29 is 4.79 Å². The van der Waals surface area contributed by atoms with Gasteiger partial charge in [0.2, 0.25) is 0 Å². The molecule has 2 aromatic rings. The van der Waals surface area contributed by atoms with Crippen LogP contribution in [-0.4, -0.2) is 28.6 Å². The highest BCUT2D eigenvalue weighted by molar-refractivity contribution is 5.97. The summed E-state index contributed by atoms with van der Waals surface area (Å²) in [5.74, 6) is -0.239. The van der Waals surface area contributed by atoms with E-state index in [1.54, 1.807) is 10.6 Å². The lowest BCUT2D eigenvalue weighted by molar-refractivity contribution is 0.0922. The van der Waals surface area contributed by atoms with E-state index < -0.39 is 0 Å². The maximum absolute atomic E-state index is 12.9. The summed E-state index contributed by atoms with van der Waals surface area (Å²) in [5, 5.41) is 7.61. The average Bonchev–Trinajstić information content (AvgIpc) is 2.92. The normalized spacial score (nSPS) is 25.5. The Bertz CT molecular complexity index is 859. The monoisotopic (exact) mass is 339 g/mol. The number of pyridine rings is 1. The minimum absolute atomic E-state index is 0.000116. The smallest absolute Gasteiger partial charge is 0.264 e. The molecule has 2 fully saturated rings. The zero-order valence-corrected chi connectivity index (χ0v) is 14.8. The van der Waals surface area contributed by atoms with Crippen LogP contribution in [0.15, 0.2) is 35.1 Å². The van der Waals surface area contributed by atoms with E-state index in [1.807, 2.05) is 38.1 Å². The standard InChI is InChI=1S/C20H25N3O2/c1-12(2)23-18-6-4-3-5-13(18)9-17(20(23)25)19(24)22-16-10-14-7-8-15(11-16)21-14/h3-6,9,12,14-16,21H,7-8,10-11H2,1-2H3,(H,22,24)/t14-,15+,16-. The van der Waals surface area contributed by atoms with Gasteiger partial charge in [-0.15, -0.1) is 0 Å². The summed E-state index contributed by atoms with van der Waals surface area (Å²) in [7, 11) is 0. The van der Waals surface area contributed by atoms with Crippen molar-refractivity contribution in [1.29, 1.82) is 0 Å². The van der Waals surface area contributed by atoms with Gasteiger partial charge in [0.1, 0.15) is 5.56 Å². The van der Waals surface area contributed by atoms with Crippen LogP contribution in [0.25, 0.3) is 10.9 Å². The first-order valence-electron chi connectivity index (χ1n) is 9.24. The van der Waals surface area contributed by atoms with Crippen LogP contribution in [0.2, 0.25) is 0 Å². The van der Waals surface area contributed by atoms with Crippen LogP contribution in [0.3, 0.4) is 0 Å². The number of para-hydroxylation sites is 1. The first-order valence-corrected chi connectivity index (χ1v) is 9.24. The molecule has 2 N–H and O–H groups in total. The minimum atomic E-state index is -0.239. The molecule has 1 aromatic carbocycles. The highest BCUT2D eigenvalue weighted by atomic mass is 16.2. The first kappa shape index (κ1) is 16.3. The lowest BCUT2D eigenvalue weighted by Gasteiger charge is -2.29. The summed E-state index contributed by atoms with van der Waals surface area (Å²) >= 11 is 0. The number of rotatable bonds is 3. The summed E-state index contributed by atoms with van der Waals surface area (Å²) in [6.07, 6.45) is 4.28. The number of nitrogens with one attached hydrogen (secondary N) is 2. The molecular weight excluding hydrogens is 314 g/mol. The van der Waals surface area contributed by atoms with Crippen molar-refractivity contribution in [1.82, 2.24) is 15.2 Å². The number of nitrogens with zero attached hydrogens (tertiary/aromatic N) is 1. The third-order valence-corrected chi connectivity index (χ3v) is 5.51. The van der Waals surface area contributed by atoms with Gasteiger partial charge in [0.05, 0.1) is 5.52 Å². The summed E-state index contributed by atoms with van der Waals surface area (Å²) in [6, 6.07) is 10.7. The van der Waals surface area contributed by atoms with Gasteiger partial charge in [-0.25, -0.2) is 0 Å². The van der Waals surface area contributed by atoms with Gasteiger partial charge < -0.3 is 15.2 Å². The molecule has 0 aliphatic carbocycles. The van der Waals surface area contributed by atoms with Crippen LogP contribution in [0.5, 0.6) is 0 Å². The van der Waals surface area contributed by atoms with E-state index in [0.29, 0.717) is 12.1 Å². The fourth-order valence-electron chi connectivity index (χ4n) is 4.40. The maximum Gasteiger partial charge on any atom is 0.264 e. The van der Waals surface area contributed by atoms with Gasteiger partial charge >= 0.3 is 0 Å². The summed E-state index contributed by atoms with van der Waals surface area (Å²) in [5.41, 5.74) is 0.917. The fourth-order valence-corrected chi connectivity index (χ4v) is 4.40. The summed E-state index contributed by atoms with van der Waals surface area (Å²) in [4.78, 5) is 25.8. The SMILES string of the molecule is CC(C)n1c(=O)c(C(=O)N[C@@H]2C[C@H]3CC[C@@H](C2)N3)cc2ccccc21. The van der Waals surface area contributed by atoms with Crippen molar-refractivity contribution in [3.8, 4) is 0 Å². The molecule has 0 radical (unpaired) electrons. The Morgan fingerprint density at radius 1 is 1.20 bits per heavy atom. The average molecular weight is 339 g/mol. The molecule has 1 amide bonds. The number of hydrogen-bond donors (Lipinski definition) is 2. The van der Waals surface area contributed by atoms with Crippen LogP contribution in [-0.2, 0) is 0 Å². The van der Waals surface area contributed by atoms with Crippen molar-refractivity contribution >= 4 is 16.8 Å². The molecular formula is C20H25N3O2.